The number of ether oxygens (including phenoxy) is 2. The van der Waals surface area contributed by atoms with Crippen molar-refractivity contribution in [1.29, 1.82) is 0 Å². The monoisotopic (exact) mass is 163 g/mol. The van der Waals surface area contributed by atoms with Gasteiger partial charge in [-0.3, -0.25) is 0 Å². The van der Waals surface area contributed by atoms with E-state index in [9.17, 15) is 4.79 Å². The number of rotatable bonds is 5. The Morgan fingerprint density at radius 2 is 2.18 bits per heavy atom. The van der Waals surface area contributed by atoms with Crippen molar-refractivity contribution in [1.82, 2.24) is 0 Å². The molecular weight excluding hydrogens is 150 g/mol. The molecule has 0 fully saturated rings. The minimum atomic E-state index is -0.534. The third-order valence-electron chi connectivity index (χ3n) is 1.13. The van der Waals surface area contributed by atoms with Crippen molar-refractivity contribution >= 4 is 5.97 Å². The molecule has 11 heavy (non-hydrogen) atoms. The van der Waals surface area contributed by atoms with Crippen LogP contribution < -0.4 is 5.90 Å². The summed E-state index contributed by atoms with van der Waals surface area (Å²) in [5, 5.41) is 0. The van der Waals surface area contributed by atoms with Crippen LogP contribution in [-0.4, -0.2) is 32.4 Å². The fourth-order valence-electron chi connectivity index (χ4n) is 0.404. The Morgan fingerprint density at radius 3 is 2.64 bits per heavy atom. The molecule has 0 bridgehead atoms. The molecule has 0 rings (SSSR count). The van der Waals surface area contributed by atoms with Crippen LogP contribution >= 0.6 is 0 Å². The number of methoxy groups -OCH3 is 1. The van der Waals surface area contributed by atoms with Crippen LogP contribution in [0.1, 0.15) is 6.92 Å². The fourth-order valence-corrected chi connectivity index (χ4v) is 0.404. The normalized spacial score (nSPS) is 12.6. The molecule has 0 saturated carbocycles. The third kappa shape index (κ3) is 4.72. The maximum absolute atomic E-state index is 10.8. The van der Waals surface area contributed by atoms with E-state index in [4.69, 9.17) is 10.6 Å². The minimum absolute atomic E-state index is 0.156. The lowest BCUT2D eigenvalue weighted by Gasteiger charge is -2.08. The van der Waals surface area contributed by atoms with E-state index < -0.39 is 12.1 Å². The van der Waals surface area contributed by atoms with Gasteiger partial charge in [0.05, 0.1) is 0 Å². The van der Waals surface area contributed by atoms with Crippen molar-refractivity contribution in [3.05, 3.63) is 0 Å². The Balaban J connectivity index is 3.36. The molecule has 0 aliphatic rings. The zero-order valence-corrected chi connectivity index (χ0v) is 6.70. The average Bonchev–Trinajstić information content (AvgIpc) is 2.03. The highest BCUT2D eigenvalue weighted by molar-refractivity contribution is 5.74. The first kappa shape index (κ1) is 10.3. The predicted molar refractivity (Wildman–Crippen MR) is 37.6 cm³/mol. The Kier molecular flexibility index (Phi) is 5.73. The molecular formula is C6H13NO4. The van der Waals surface area contributed by atoms with Crippen molar-refractivity contribution in [2.24, 2.45) is 5.90 Å². The highest BCUT2D eigenvalue weighted by Gasteiger charge is 2.11. The molecule has 0 spiro atoms. The topological polar surface area (TPSA) is 70.8 Å². The molecule has 2 N–H and O–H groups in total. The van der Waals surface area contributed by atoms with Gasteiger partial charge in [-0.05, 0) is 6.92 Å². The summed E-state index contributed by atoms with van der Waals surface area (Å²) in [7, 11) is 1.44. The summed E-state index contributed by atoms with van der Waals surface area (Å²) >= 11 is 0. The molecule has 0 aliphatic carbocycles. The minimum Gasteiger partial charge on any atom is -0.461 e. The SMILES string of the molecule is COC(C)C(=O)OCCON. The Morgan fingerprint density at radius 1 is 1.55 bits per heavy atom. The van der Waals surface area contributed by atoms with Gasteiger partial charge in [0.15, 0.2) is 6.10 Å². The van der Waals surface area contributed by atoms with E-state index in [1.807, 2.05) is 0 Å². The predicted octanol–water partition coefficient (Wildman–Crippen LogP) is -0.545. The van der Waals surface area contributed by atoms with Gasteiger partial charge in [0.2, 0.25) is 0 Å². The number of hydrogen-bond acceptors (Lipinski definition) is 5. The van der Waals surface area contributed by atoms with Crippen molar-refractivity contribution in [3.8, 4) is 0 Å². The lowest BCUT2D eigenvalue weighted by molar-refractivity contribution is -0.155. The summed E-state index contributed by atoms with van der Waals surface area (Å²) < 4.78 is 9.36. The molecule has 5 heteroatoms. The van der Waals surface area contributed by atoms with E-state index in [2.05, 4.69) is 9.57 Å². The number of carbonyl (C=O) groups is 1. The fraction of sp³-hybridized carbons (Fsp3) is 0.833. The molecule has 0 heterocycles. The van der Waals surface area contributed by atoms with Crippen LogP contribution in [0.4, 0.5) is 0 Å². The summed E-state index contributed by atoms with van der Waals surface area (Å²) in [6, 6.07) is 0. The van der Waals surface area contributed by atoms with E-state index >= 15 is 0 Å². The van der Waals surface area contributed by atoms with E-state index in [0.29, 0.717) is 0 Å². The van der Waals surface area contributed by atoms with E-state index in [1.54, 1.807) is 6.92 Å². The third-order valence-corrected chi connectivity index (χ3v) is 1.13. The van der Waals surface area contributed by atoms with Crippen LogP contribution in [0.3, 0.4) is 0 Å². The van der Waals surface area contributed by atoms with Crippen LogP contribution in [-0.2, 0) is 19.1 Å². The van der Waals surface area contributed by atoms with Crippen molar-refractivity contribution in [2.45, 2.75) is 13.0 Å². The van der Waals surface area contributed by atoms with Crippen LogP contribution in [0, 0.1) is 0 Å². The maximum atomic E-state index is 10.8. The number of hydrogen-bond donors (Lipinski definition) is 1. The highest BCUT2D eigenvalue weighted by atomic mass is 16.6. The Bertz CT molecular complexity index is 117. The first-order valence-corrected chi connectivity index (χ1v) is 3.23. The maximum Gasteiger partial charge on any atom is 0.335 e. The summed E-state index contributed by atoms with van der Waals surface area (Å²) in [4.78, 5) is 15.0. The van der Waals surface area contributed by atoms with E-state index in [1.165, 1.54) is 7.11 Å². The van der Waals surface area contributed by atoms with Crippen molar-refractivity contribution in [3.63, 3.8) is 0 Å². The second kappa shape index (κ2) is 6.09. The molecule has 0 aliphatic heterocycles. The highest BCUT2D eigenvalue weighted by Crippen LogP contribution is 1.91. The molecule has 1 unspecified atom stereocenters. The van der Waals surface area contributed by atoms with Gasteiger partial charge in [0.25, 0.3) is 0 Å². The first-order valence-electron chi connectivity index (χ1n) is 3.23. The van der Waals surface area contributed by atoms with Gasteiger partial charge in [-0.15, -0.1) is 0 Å². The van der Waals surface area contributed by atoms with Gasteiger partial charge in [0, 0.05) is 7.11 Å². The molecule has 0 amide bonds. The standard InChI is InChI=1S/C6H13NO4/c1-5(9-2)6(8)10-3-4-11-7/h5H,3-4,7H2,1-2H3. The van der Waals surface area contributed by atoms with Gasteiger partial charge in [-0.25, -0.2) is 10.7 Å². The van der Waals surface area contributed by atoms with E-state index in [-0.39, 0.29) is 13.2 Å². The molecule has 5 nitrogen and oxygen atoms in total. The largest absolute Gasteiger partial charge is 0.461 e. The Hall–Kier alpha value is -0.650. The molecule has 66 valence electrons. The number of esters is 1. The Labute approximate surface area is 65.4 Å². The zero-order chi connectivity index (χ0) is 8.69. The van der Waals surface area contributed by atoms with Crippen LogP contribution in [0.5, 0.6) is 0 Å². The smallest absolute Gasteiger partial charge is 0.335 e. The van der Waals surface area contributed by atoms with Crippen LogP contribution in [0.2, 0.25) is 0 Å². The zero-order valence-electron chi connectivity index (χ0n) is 6.70. The number of carbonyl (C=O) groups excluding carboxylic acids is 1. The van der Waals surface area contributed by atoms with Gasteiger partial charge in [-0.2, -0.15) is 0 Å². The quantitative estimate of drug-likeness (QED) is 0.334. The lowest BCUT2D eigenvalue weighted by Crippen LogP contribution is -2.23. The second-order valence-electron chi connectivity index (χ2n) is 1.92. The van der Waals surface area contributed by atoms with Gasteiger partial charge in [-0.1, -0.05) is 0 Å². The first-order chi connectivity index (χ1) is 5.22. The molecule has 0 aromatic heterocycles. The summed E-state index contributed by atoms with van der Waals surface area (Å²) in [5.41, 5.74) is 0. The van der Waals surface area contributed by atoms with Gasteiger partial charge < -0.3 is 14.3 Å². The van der Waals surface area contributed by atoms with E-state index in [0.717, 1.165) is 0 Å². The van der Waals surface area contributed by atoms with Crippen molar-refractivity contribution in [2.75, 3.05) is 20.3 Å². The molecule has 0 radical (unpaired) electrons. The summed E-state index contributed by atoms with van der Waals surface area (Å²) in [6.45, 7) is 1.96. The molecule has 0 aromatic carbocycles. The number of nitrogens with two attached hydrogens (primary N) is 1. The van der Waals surface area contributed by atoms with Crippen molar-refractivity contribution < 1.29 is 19.1 Å². The van der Waals surface area contributed by atoms with Crippen LogP contribution in [0.25, 0.3) is 0 Å². The van der Waals surface area contributed by atoms with Gasteiger partial charge in [0.1, 0.15) is 13.2 Å². The molecule has 0 aromatic rings. The van der Waals surface area contributed by atoms with Crippen LogP contribution in [0.15, 0.2) is 0 Å². The summed E-state index contributed by atoms with van der Waals surface area (Å²) in [6.07, 6.45) is -0.534. The molecule has 0 saturated heterocycles. The lowest BCUT2D eigenvalue weighted by atomic mass is 10.4. The second-order valence-corrected chi connectivity index (χ2v) is 1.92. The molecule has 1 atom stereocenters. The summed E-state index contributed by atoms with van der Waals surface area (Å²) in [5.74, 6) is 4.29. The van der Waals surface area contributed by atoms with Gasteiger partial charge >= 0.3 is 5.97 Å². The average molecular weight is 163 g/mol.